The number of aryl methyl sites for hydroxylation is 1. The fourth-order valence-electron chi connectivity index (χ4n) is 2.11. The van der Waals surface area contributed by atoms with Crippen LogP contribution in [0.15, 0.2) is 24.3 Å². The van der Waals surface area contributed by atoms with Crippen LogP contribution in [-0.4, -0.2) is 31.1 Å². The molecule has 0 aliphatic carbocycles. The molecule has 0 saturated carbocycles. The van der Waals surface area contributed by atoms with Crippen molar-refractivity contribution in [1.82, 2.24) is 10.2 Å². The minimum absolute atomic E-state index is 0.620. The van der Waals surface area contributed by atoms with Crippen molar-refractivity contribution in [1.29, 1.82) is 0 Å². The SMILES string of the molecule is CCNCC(CC)N(C)Cc1ccccc1C. The Morgan fingerprint density at radius 2 is 1.94 bits per heavy atom. The Hall–Kier alpha value is -0.860. The first kappa shape index (κ1) is 14.2. The molecular weight excluding hydrogens is 208 g/mol. The van der Waals surface area contributed by atoms with Gasteiger partial charge in [0.2, 0.25) is 0 Å². The Balaban J connectivity index is 2.57. The maximum absolute atomic E-state index is 3.44. The van der Waals surface area contributed by atoms with Crippen LogP contribution in [0.2, 0.25) is 0 Å². The third-order valence-corrected chi connectivity index (χ3v) is 3.41. The average molecular weight is 234 g/mol. The lowest BCUT2D eigenvalue weighted by molar-refractivity contribution is 0.222. The molecule has 96 valence electrons. The average Bonchev–Trinajstić information content (AvgIpc) is 2.33. The summed E-state index contributed by atoms with van der Waals surface area (Å²) < 4.78 is 0. The lowest BCUT2D eigenvalue weighted by Crippen LogP contribution is -2.39. The van der Waals surface area contributed by atoms with Crippen molar-refractivity contribution < 1.29 is 0 Å². The molecule has 0 radical (unpaired) electrons. The molecule has 0 fully saturated rings. The standard InChI is InChI=1S/C15H26N2/c1-5-15(11-16-6-2)17(4)12-14-10-8-7-9-13(14)3/h7-10,15-16H,5-6,11-12H2,1-4H3. The third kappa shape index (κ3) is 4.49. The smallest absolute Gasteiger partial charge is 0.0236 e. The summed E-state index contributed by atoms with van der Waals surface area (Å²) in [5.74, 6) is 0. The molecule has 1 aromatic rings. The molecule has 0 saturated heterocycles. The molecule has 1 unspecified atom stereocenters. The molecule has 1 aromatic carbocycles. The second kappa shape index (κ2) is 7.46. The van der Waals surface area contributed by atoms with Gasteiger partial charge in [-0.25, -0.2) is 0 Å². The van der Waals surface area contributed by atoms with Gasteiger partial charge in [-0.15, -0.1) is 0 Å². The van der Waals surface area contributed by atoms with Crippen molar-refractivity contribution in [2.75, 3.05) is 20.1 Å². The van der Waals surface area contributed by atoms with E-state index < -0.39 is 0 Å². The first-order chi connectivity index (χ1) is 8.19. The van der Waals surface area contributed by atoms with Crippen LogP contribution in [0.1, 0.15) is 31.4 Å². The van der Waals surface area contributed by atoms with Crippen LogP contribution in [0, 0.1) is 6.92 Å². The Kier molecular flexibility index (Phi) is 6.23. The van der Waals surface area contributed by atoms with E-state index in [9.17, 15) is 0 Å². The molecule has 2 nitrogen and oxygen atoms in total. The third-order valence-electron chi connectivity index (χ3n) is 3.41. The molecule has 1 atom stereocenters. The Labute approximate surface area is 106 Å². The summed E-state index contributed by atoms with van der Waals surface area (Å²) in [4.78, 5) is 2.45. The first-order valence-corrected chi connectivity index (χ1v) is 6.64. The van der Waals surface area contributed by atoms with E-state index >= 15 is 0 Å². The van der Waals surface area contributed by atoms with Gasteiger partial charge in [0.1, 0.15) is 0 Å². The minimum Gasteiger partial charge on any atom is -0.315 e. The summed E-state index contributed by atoms with van der Waals surface area (Å²) in [6.07, 6.45) is 1.19. The van der Waals surface area contributed by atoms with E-state index in [1.54, 1.807) is 0 Å². The monoisotopic (exact) mass is 234 g/mol. The summed E-state index contributed by atoms with van der Waals surface area (Å²) in [5, 5.41) is 3.44. The number of hydrogen-bond donors (Lipinski definition) is 1. The van der Waals surface area contributed by atoms with Crippen LogP contribution < -0.4 is 5.32 Å². The summed E-state index contributed by atoms with van der Waals surface area (Å²) in [7, 11) is 2.22. The van der Waals surface area contributed by atoms with E-state index in [1.807, 2.05) is 0 Å². The molecule has 17 heavy (non-hydrogen) atoms. The second-order valence-corrected chi connectivity index (χ2v) is 4.71. The summed E-state index contributed by atoms with van der Waals surface area (Å²) in [6, 6.07) is 9.27. The highest BCUT2D eigenvalue weighted by Crippen LogP contribution is 2.12. The highest BCUT2D eigenvalue weighted by atomic mass is 15.1. The van der Waals surface area contributed by atoms with Crippen LogP contribution in [-0.2, 0) is 6.54 Å². The predicted molar refractivity (Wildman–Crippen MR) is 75.3 cm³/mol. The minimum atomic E-state index is 0.620. The molecule has 2 heteroatoms. The van der Waals surface area contributed by atoms with Gasteiger partial charge in [-0.2, -0.15) is 0 Å². The van der Waals surface area contributed by atoms with Crippen LogP contribution >= 0.6 is 0 Å². The summed E-state index contributed by atoms with van der Waals surface area (Å²) in [6.45, 7) is 9.78. The van der Waals surface area contributed by atoms with Gasteiger partial charge in [-0.1, -0.05) is 38.1 Å². The lowest BCUT2D eigenvalue weighted by Gasteiger charge is -2.28. The molecular formula is C15H26N2. The number of nitrogens with zero attached hydrogens (tertiary/aromatic N) is 1. The molecule has 0 aliphatic heterocycles. The lowest BCUT2D eigenvalue weighted by atomic mass is 10.1. The molecule has 0 aliphatic rings. The Morgan fingerprint density at radius 1 is 1.24 bits per heavy atom. The van der Waals surface area contributed by atoms with E-state index in [-0.39, 0.29) is 0 Å². The van der Waals surface area contributed by atoms with Gasteiger partial charge in [0, 0.05) is 19.1 Å². The van der Waals surface area contributed by atoms with Crippen LogP contribution in [0.3, 0.4) is 0 Å². The summed E-state index contributed by atoms with van der Waals surface area (Å²) >= 11 is 0. The van der Waals surface area contributed by atoms with Crippen molar-refractivity contribution in [3.63, 3.8) is 0 Å². The zero-order valence-corrected chi connectivity index (χ0v) is 11.7. The molecule has 0 spiro atoms. The highest BCUT2D eigenvalue weighted by molar-refractivity contribution is 5.25. The number of nitrogens with one attached hydrogen (secondary N) is 1. The predicted octanol–water partition coefficient (Wildman–Crippen LogP) is 2.81. The van der Waals surface area contributed by atoms with E-state index in [4.69, 9.17) is 0 Å². The molecule has 1 N–H and O–H groups in total. The van der Waals surface area contributed by atoms with Gasteiger partial charge < -0.3 is 5.32 Å². The number of likely N-dealkylation sites (N-methyl/N-ethyl adjacent to an activating group) is 2. The van der Waals surface area contributed by atoms with E-state index in [0.717, 1.165) is 19.6 Å². The zero-order chi connectivity index (χ0) is 12.7. The van der Waals surface area contributed by atoms with Gasteiger partial charge in [0.05, 0.1) is 0 Å². The quantitative estimate of drug-likeness (QED) is 0.780. The molecule has 0 aromatic heterocycles. The molecule has 1 rings (SSSR count). The van der Waals surface area contributed by atoms with Crippen molar-refractivity contribution >= 4 is 0 Å². The first-order valence-electron chi connectivity index (χ1n) is 6.64. The van der Waals surface area contributed by atoms with Gasteiger partial charge in [-0.05, 0) is 38.1 Å². The topological polar surface area (TPSA) is 15.3 Å². The largest absolute Gasteiger partial charge is 0.315 e. The van der Waals surface area contributed by atoms with Gasteiger partial charge in [-0.3, -0.25) is 4.90 Å². The maximum atomic E-state index is 3.44. The van der Waals surface area contributed by atoms with Crippen molar-refractivity contribution in [2.24, 2.45) is 0 Å². The normalized spacial score (nSPS) is 13.0. The summed E-state index contributed by atoms with van der Waals surface area (Å²) in [5.41, 5.74) is 2.82. The highest BCUT2D eigenvalue weighted by Gasteiger charge is 2.12. The van der Waals surface area contributed by atoms with Gasteiger partial charge in [0.25, 0.3) is 0 Å². The van der Waals surface area contributed by atoms with Crippen molar-refractivity contribution in [3.05, 3.63) is 35.4 Å². The fraction of sp³-hybridized carbons (Fsp3) is 0.600. The van der Waals surface area contributed by atoms with E-state index in [2.05, 4.69) is 62.3 Å². The number of rotatable bonds is 7. The molecule has 0 bridgehead atoms. The zero-order valence-electron chi connectivity index (χ0n) is 11.7. The van der Waals surface area contributed by atoms with Crippen LogP contribution in [0.25, 0.3) is 0 Å². The number of benzene rings is 1. The van der Waals surface area contributed by atoms with Crippen molar-refractivity contribution in [2.45, 2.75) is 39.8 Å². The Bertz CT molecular complexity index is 322. The second-order valence-electron chi connectivity index (χ2n) is 4.71. The van der Waals surface area contributed by atoms with Gasteiger partial charge in [0.15, 0.2) is 0 Å². The molecule has 0 amide bonds. The van der Waals surface area contributed by atoms with Gasteiger partial charge >= 0.3 is 0 Å². The number of hydrogen-bond acceptors (Lipinski definition) is 2. The maximum Gasteiger partial charge on any atom is 0.0236 e. The van der Waals surface area contributed by atoms with E-state index in [0.29, 0.717) is 6.04 Å². The molecule has 0 heterocycles. The fourth-order valence-corrected chi connectivity index (χ4v) is 2.11. The van der Waals surface area contributed by atoms with E-state index in [1.165, 1.54) is 17.5 Å². The Morgan fingerprint density at radius 3 is 2.53 bits per heavy atom. The van der Waals surface area contributed by atoms with Crippen LogP contribution in [0.5, 0.6) is 0 Å². The van der Waals surface area contributed by atoms with Crippen molar-refractivity contribution in [3.8, 4) is 0 Å². The van der Waals surface area contributed by atoms with Crippen LogP contribution in [0.4, 0.5) is 0 Å².